The maximum Gasteiger partial charge on any atom is 0.222 e. The Hall–Kier alpha value is -1.30. The number of carbonyl (C=O) groups excluding carboxylic acids is 1. The summed E-state index contributed by atoms with van der Waals surface area (Å²) in [5.74, 6) is 1.55. The summed E-state index contributed by atoms with van der Waals surface area (Å²) in [6.07, 6.45) is 2.78. The van der Waals surface area contributed by atoms with Crippen molar-refractivity contribution >= 4 is 11.9 Å². The first-order chi connectivity index (χ1) is 11.0. The number of likely N-dealkylation sites (tertiary alicyclic amines) is 1. The molecule has 0 aromatic rings. The molecule has 0 bridgehead atoms. The van der Waals surface area contributed by atoms with Crippen molar-refractivity contribution in [3.05, 3.63) is 0 Å². The molecule has 2 N–H and O–H groups in total. The van der Waals surface area contributed by atoms with E-state index in [1.54, 1.807) is 7.05 Å². The molecule has 1 amide bonds. The van der Waals surface area contributed by atoms with E-state index in [9.17, 15) is 4.79 Å². The van der Waals surface area contributed by atoms with Crippen LogP contribution in [-0.4, -0.2) is 62.2 Å². The van der Waals surface area contributed by atoms with Gasteiger partial charge in [-0.2, -0.15) is 0 Å². The average molecular weight is 326 g/mol. The third-order valence-corrected chi connectivity index (χ3v) is 4.25. The molecule has 2 atom stereocenters. The molecular formula is C17H34N4O2. The molecular weight excluding hydrogens is 292 g/mol. The van der Waals surface area contributed by atoms with Crippen LogP contribution in [0.1, 0.15) is 47.0 Å². The topological polar surface area (TPSA) is 66.0 Å². The van der Waals surface area contributed by atoms with Crippen LogP contribution in [0.5, 0.6) is 0 Å². The highest BCUT2D eigenvalue weighted by Gasteiger charge is 2.25. The summed E-state index contributed by atoms with van der Waals surface area (Å²) in [7, 11) is 1.78. The van der Waals surface area contributed by atoms with Gasteiger partial charge in [-0.25, -0.2) is 0 Å². The number of carbonyl (C=O) groups is 1. The van der Waals surface area contributed by atoms with E-state index in [1.807, 2.05) is 18.7 Å². The van der Waals surface area contributed by atoms with Crippen LogP contribution in [0.4, 0.5) is 0 Å². The molecule has 2 unspecified atom stereocenters. The van der Waals surface area contributed by atoms with Gasteiger partial charge in [0, 0.05) is 45.8 Å². The van der Waals surface area contributed by atoms with Gasteiger partial charge in [0.05, 0.1) is 6.10 Å². The molecule has 0 radical (unpaired) electrons. The van der Waals surface area contributed by atoms with Crippen molar-refractivity contribution in [3.8, 4) is 0 Å². The lowest BCUT2D eigenvalue weighted by molar-refractivity contribution is -0.129. The van der Waals surface area contributed by atoms with Gasteiger partial charge in [0.15, 0.2) is 5.96 Å². The molecule has 6 nitrogen and oxygen atoms in total. The summed E-state index contributed by atoms with van der Waals surface area (Å²) in [5.41, 5.74) is 0. The molecule has 23 heavy (non-hydrogen) atoms. The van der Waals surface area contributed by atoms with E-state index in [0.29, 0.717) is 12.3 Å². The van der Waals surface area contributed by atoms with E-state index in [4.69, 9.17) is 4.74 Å². The number of rotatable bonds is 8. The molecule has 6 heteroatoms. The van der Waals surface area contributed by atoms with Gasteiger partial charge in [0.1, 0.15) is 0 Å². The second-order valence-corrected chi connectivity index (χ2v) is 6.35. The maximum atomic E-state index is 11.7. The van der Waals surface area contributed by atoms with E-state index >= 15 is 0 Å². The van der Waals surface area contributed by atoms with Gasteiger partial charge in [0.2, 0.25) is 5.91 Å². The molecule has 0 aliphatic carbocycles. The Bertz CT molecular complexity index is 385. The second-order valence-electron chi connectivity index (χ2n) is 6.35. The van der Waals surface area contributed by atoms with Crippen LogP contribution in [0.25, 0.3) is 0 Å². The average Bonchev–Trinajstić information content (AvgIpc) is 3.00. The fraction of sp³-hybridized carbons (Fsp3) is 0.882. The summed E-state index contributed by atoms with van der Waals surface area (Å²) in [5, 5.41) is 6.77. The third kappa shape index (κ3) is 6.77. The number of hydrogen-bond donors (Lipinski definition) is 2. The van der Waals surface area contributed by atoms with Crippen molar-refractivity contribution in [2.24, 2.45) is 10.9 Å². The number of guanidine groups is 1. The number of hydrogen-bond acceptors (Lipinski definition) is 3. The predicted octanol–water partition coefficient (Wildman–Crippen LogP) is 1.61. The van der Waals surface area contributed by atoms with Crippen molar-refractivity contribution in [3.63, 3.8) is 0 Å². The molecule has 1 fully saturated rings. The van der Waals surface area contributed by atoms with Gasteiger partial charge < -0.3 is 20.3 Å². The number of aliphatic imine (C=N–C) groups is 1. The Labute approximate surface area is 141 Å². The molecule has 1 aliphatic rings. The number of nitrogens with one attached hydrogen (secondary N) is 2. The SMILES string of the molecule is CCOC(CCNC(=NC)NC1CCN(C(=O)CC)C1)C(C)C. The first-order valence-electron chi connectivity index (χ1n) is 8.88. The Morgan fingerprint density at radius 2 is 2.13 bits per heavy atom. The van der Waals surface area contributed by atoms with Gasteiger partial charge in [-0.3, -0.25) is 9.79 Å². The Morgan fingerprint density at radius 1 is 1.39 bits per heavy atom. The minimum Gasteiger partial charge on any atom is -0.378 e. The molecule has 0 aromatic carbocycles. The molecule has 0 spiro atoms. The highest BCUT2D eigenvalue weighted by atomic mass is 16.5. The van der Waals surface area contributed by atoms with E-state index in [1.165, 1.54) is 0 Å². The monoisotopic (exact) mass is 326 g/mol. The van der Waals surface area contributed by atoms with Crippen LogP contribution < -0.4 is 10.6 Å². The van der Waals surface area contributed by atoms with Crippen molar-refractivity contribution in [1.82, 2.24) is 15.5 Å². The van der Waals surface area contributed by atoms with Crippen LogP contribution in [0.15, 0.2) is 4.99 Å². The minimum atomic E-state index is 0.230. The van der Waals surface area contributed by atoms with Crippen LogP contribution >= 0.6 is 0 Å². The van der Waals surface area contributed by atoms with Crippen LogP contribution in [-0.2, 0) is 9.53 Å². The molecule has 0 saturated carbocycles. The zero-order valence-electron chi connectivity index (χ0n) is 15.4. The lowest BCUT2D eigenvalue weighted by atomic mass is 10.0. The Kier molecular flexibility index (Phi) is 8.99. The summed E-state index contributed by atoms with van der Waals surface area (Å²) in [4.78, 5) is 17.9. The first-order valence-corrected chi connectivity index (χ1v) is 8.88. The van der Waals surface area contributed by atoms with Crippen LogP contribution in [0, 0.1) is 5.92 Å². The third-order valence-electron chi connectivity index (χ3n) is 4.25. The van der Waals surface area contributed by atoms with Gasteiger partial charge in [-0.05, 0) is 25.7 Å². The van der Waals surface area contributed by atoms with Crippen molar-refractivity contribution in [1.29, 1.82) is 0 Å². The van der Waals surface area contributed by atoms with Crippen molar-refractivity contribution in [2.45, 2.75) is 59.1 Å². The van der Waals surface area contributed by atoms with E-state index in [0.717, 1.165) is 45.0 Å². The first kappa shape index (κ1) is 19.7. The van der Waals surface area contributed by atoms with Crippen molar-refractivity contribution < 1.29 is 9.53 Å². The molecule has 0 aromatic heterocycles. The second kappa shape index (κ2) is 10.5. The van der Waals surface area contributed by atoms with Gasteiger partial charge in [-0.1, -0.05) is 20.8 Å². The largest absolute Gasteiger partial charge is 0.378 e. The number of amides is 1. The molecule has 1 aliphatic heterocycles. The molecule has 1 rings (SSSR count). The van der Waals surface area contributed by atoms with Gasteiger partial charge >= 0.3 is 0 Å². The Balaban J connectivity index is 2.34. The van der Waals surface area contributed by atoms with E-state index in [2.05, 4.69) is 29.5 Å². The van der Waals surface area contributed by atoms with Gasteiger partial charge in [-0.15, -0.1) is 0 Å². The maximum absolute atomic E-state index is 11.7. The summed E-state index contributed by atoms with van der Waals surface area (Å²) >= 11 is 0. The standard InChI is InChI=1S/C17H34N4O2/c1-6-16(22)21-11-9-14(12-21)20-17(18-5)19-10-8-15(13(3)4)23-7-2/h13-15H,6-12H2,1-5H3,(H2,18,19,20). The summed E-state index contributed by atoms with van der Waals surface area (Å²) in [6.45, 7) is 11.5. The van der Waals surface area contributed by atoms with Crippen LogP contribution in [0.2, 0.25) is 0 Å². The zero-order valence-corrected chi connectivity index (χ0v) is 15.4. The zero-order chi connectivity index (χ0) is 17.2. The van der Waals surface area contributed by atoms with E-state index in [-0.39, 0.29) is 18.1 Å². The van der Waals surface area contributed by atoms with E-state index < -0.39 is 0 Å². The fourth-order valence-electron chi connectivity index (χ4n) is 2.87. The lowest BCUT2D eigenvalue weighted by Crippen LogP contribution is -2.45. The fourth-order valence-corrected chi connectivity index (χ4v) is 2.87. The molecule has 1 saturated heterocycles. The summed E-state index contributed by atoms with van der Waals surface area (Å²) in [6, 6.07) is 0.282. The lowest BCUT2D eigenvalue weighted by Gasteiger charge is -2.22. The van der Waals surface area contributed by atoms with Crippen molar-refractivity contribution in [2.75, 3.05) is 33.3 Å². The molecule has 134 valence electrons. The highest BCUT2D eigenvalue weighted by Crippen LogP contribution is 2.11. The molecule has 1 heterocycles. The summed E-state index contributed by atoms with van der Waals surface area (Å²) < 4.78 is 5.76. The number of ether oxygens (including phenoxy) is 1. The predicted molar refractivity (Wildman–Crippen MR) is 94.6 cm³/mol. The minimum absolute atomic E-state index is 0.230. The van der Waals surface area contributed by atoms with Crippen LogP contribution in [0.3, 0.4) is 0 Å². The quantitative estimate of drug-likeness (QED) is 0.525. The smallest absolute Gasteiger partial charge is 0.222 e. The van der Waals surface area contributed by atoms with Gasteiger partial charge in [0.25, 0.3) is 0 Å². The highest BCUT2D eigenvalue weighted by molar-refractivity contribution is 5.80. The number of nitrogens with zero attached hydrogens (tertiary/aromatic N) is 2. The Morgan fingerprint density at radius 3 is 2.70 bits per heavy atom. The normalized spacial score (nSPS) is 20.0.